The van der Waals surface area contributed by atoms with E-state index in [2.05, 4.69) is 645 Å². The minimum absolute atomic E-state index is 1.08. The van der Waals surface area contributed by atoms with E-state index < -0.39 is 0 Å². The van der Waals surface area contributed by atoms with Crippen LogP contribution >= 0.6 is 0 Å². The van der Waals surface area contributed by atoms with Gasteiger partial charge < -0.3 is 37.9 Å². The minimum Gasteiger partial charge on any atom is -0.311 e. The summed E-state index contributed by atoms with van der Waals surface area (Å²) in [5.41, 5.74) is 37.2. The van der Waals surface area contributed by atoms with Crippen LogP contribution in [0.4, 0.5) is 68.2 Å². The molecule has 0 aliphatic carbocycles. The molecule has 0 saturated carbocycles. The number of hydrogen-bond acceptors (Lipinski definition) is 4. The molecular weight excluding hydrogens is 1820 g/mol. The summed E-state index contributed by atoms with van der Waals surface area (Å²) in [6.07, 6.45) is 0. The molecule has 0 saturated heterocycles. The maximum Gasteiger partial charge on any atom is 0.0541 e. The minimum atomic E-state index is 1.08. The van der Waals surface area contributed by atoms with E-state index >= 15 is 0 Å². The maximum atomic E-state index is 2.37. The SMILES string of the molecule is c1ccc(-c2ccc(N(c3ccc(-c4ccccc4)cc3)c3ccc(-c4ccc5c(c4)c4ccccc4n5-c4ccccc4)cc3)cc2)cc1.c1ccc(N(c2ccccc2)c2ccc(-c3ccc(N(c4ccccc4)c4cccc5ccccc45)cc3)cc2)cc1.c1ccc2c(c1)c1ccccc1n2-c1ccc(N(c2ccc(-n3c4ccccc4c4ccccc43)cc2)c2ccc(-n3c4ccccc4c4ccccc43)cc2)cc1. The van der Waals surface area contributed by atoms with Crippen LogP contribution < -0.4 is 19.6 Å². The molecule has 8 nitrogen and oxygen atoms in total. The van der Waals surface area contributed by atoms with E-state index in [4.69, 9.17) is 0 Å². The molecule has 0 aliphatic heterocycles. The Morgan fingerprint density at radius 3 is 0.593 bits per heavy atom. The second-order valence-electron chi connectivity index (χ2n) is 37.9. The van der Waals surface area contributed by atoms with Crippen LogP contribution in [0.2, 0.25) is 0 Å². The zero-order valence-corrected chi connectivity index (χ0v) is 82.3. The van der Waals surface area contributed by atoms with Crippen molar-refractivity contribution in [2.45, 2.75) is 0 Å². The smallest absolute Gasteiger partial charge is 0.0541 e. The predicted molar refractivity (Wildman–Crippen MR) is 635 cm³/mol. The van der Waals surface area contributed by atoms with Gasteiger partial charge >= 0.3 is 0 Å². The van der Waals surface area contributed by atoms with Gasteiger partial charge in [0.25, 0.3) is 0 Å². The molecule has 0 N–H and O–H groups in total. The van der Waals surface area contributed by atoms with Gasteiger partial charge in [-0.15, -0.1) is 0 Å². The number of rotatable bonds is 20. The van der Waals surface area contributed by atoms with Crippen molar-refractivity contribution in [1.29, 1.82) is 0 Å². The molecule has 8 heteroatoms. The third-order valence-corrected chi connectivity index (χ3v) is 29.1. The monoisotopic (exact) mass is 1920 g/mol. The lowest BCUT2D eigenvalue weighted by atomic mass is 10.0. The fourth-order valence-corrected chi connectivity index (χ4v) is 22.0. The van der Waals surface area contributed by atoms with Gasteiger partial charge in [-0.1, -0.05) is 364 Å². The molecule has 708 valence electrons. The van der Waals surface area contributed by atoms with Crippen molar-refractivity contribution in [2.75, 3.05) is 19.6 Å². The average Bonchev–Trinajstić information content (AvgIpc) is 1.58. The van der Waals surface area contributed by atoms with E-state index in [1.54, 1.807) is 0 Å². The van der Waals surface area contributed by atoms with Gasteiger partial charge in [-0.25, -0.2) is 0 Å². The highest BCUT2D eigenvalue weighted by atomic mass is 15.2. The Morgan fingerprint density at radius 2 is 0.293 bits per heavy atom. The normalized spacial score (nSPS) is 11.3. The van der Waals surface area contributed by atoms with Gasteiger partial charge in [0.2, 0.25) is 0 Å². The lowest BCUT2D eigenvalue weighted by Crippen LogP contribution is -2.10. The first-order valence-electron chi connectivity index (χ1n) is 51.3. The predicted octanol–water partition coefficient (Wildman–Crippen LogP) is 39.1. The quantitative estimate of drug-likeness (QED) is 0.0761. The van der Waals surface area contributed by atoms with Crippen LogP contribution in [-0.2, 0) is 0 Å². The van der Waals surface area contributed by atoms with Crippen molar-refractivity contribution in [3.05, 3.63) is 607 Å². The molecule has 4 heterocycles. The molecule has 24 aromatic carbocycles. The van der Waals surface area contributed by atoms with Crippen molar-refractivity contribution in [2.24, 2.45) is 0 Å². The van der Waals surface area contributed by atoms with Crippen LogP contribution in [-0.4, -0.2) is 18.3 Å². The third kappa shape index (κ3) is 17.1. The first-order chi connectivity index (χ1) is 74.4. The fourth-order valence-electron chi connectivity index (χ4n) is 22.0. The van der Waals surface area contributed by atoms with E-state index in [-0.39, 0.29) is 0 Å². The summed E-state index contributed by atoms with van der Waals surface area (Å²) >= 11 is 0. The van der Waals surface area contributed by atoms with Crippen LogP contribution in [0.1, 0.15) is 0 Å². The first kappa shape index (κ1) is 90.0. The Balaban J connectivity index is 0.000000115. The molecule has 4 aromatic heterocycles. The van der Waals surface area contributed by atoms with Crippen LogP contribution in [0.3, 0.4) is 0 Å². The van der Waals surface area contributed by atoms with Gasteiger partial charge in [-0.2, -0.15) is 0 Å². The van der Waals surface area contributed by atoms with Crippen molar-refractivity contribution >= 4 is 166 Å². The van der Waals surface area contributed by atoms with E-state index in [1.807, 2.05) is 0 Å². The molecule has 28 aromatic rings. The number of anilines is 12. The van der Waals surface area contributed by atoms with Gasteiger partial charge in [-0.3, -0.25) is 0 Å². The highest BCUT2D eigenvalue weighted by Gasteiger charge is 2.24. The van der Waals surface area contributed by atoms with Crippen LogP contribution in [0.25, 0.3) is 165 Å². The molecule has 0 aliphatic rings. The summed E-state index contributed by atoms with van der Waals surface area (Å²) in [7, 11) is 0. The number of fused-ring (bicyclic) bond motifs is 13. The molecule has 0 bridgehead atoms. The summed E-state index contributed by atoms with van der Waals surface area (Å²) in [6, 6.07) is 217. The number of benzene rings is 24. The number of nitrogens with zero attached hydrogens (tertiary/aromatic N) is 8. The van der Waals surface area contributed by atoms with Gasteiger partial charge in [0.1, 0.15) is 0 Å². The van der Waals surface area contributed by atoms with E-state index in [9.17, 15) is 0 Å². The number of hydrogen-bond donors (Lipinski definition) is 0. The molecule has 0 atom stereocenters. The maximum absolute atomic E-state index is 2.37. The lowest BCUT2D eigenvalue weighted by molar-refractivity contribution is 1.16. The Bertz CT molecular complexity index is 9020. The second-order valence-corrected chi connectivity index (χ2v) is 37.9. The van der Waals surface area contributed by atoms with Gasteiger partial charge in [0.05, 0.1) is 49.8 Å². The largest absolute Gasteiger partial charge is 0.311 e. The molecule has 0 spiro atoms. The summed E-state index contributed by atoms with van der Waals surface area (Å²) in [4.78, 5) is 9.33. The molecule has 0 amide bonds. The molecule has 0 radical (unpaired) electrons. The van der Waals surface area contributed by atoms with Crippen molar-refractivity contribution < 1.29 is 0 Å². The van der Waals surface area contributed by atoms with Crippen molar-refractivity contribution in [3.8, 4) is 67.3 Å². The summed E-state index contributed by atoms with van der Waals surface area (Å²) in [5.74, 6) is 0. The Hall–Kier alpha value is -20.1. The molecule has 0 fully saturated rings. The van der Waals surface area contributed by atoms with Gasteiger partial charge in [0.15, 0.2) is 0 Å². The van der Waals surface area contributed by atoms with E-state index in [0.29, 0.717) is 0 Å². The average molecular weight is 1920 g/mol. The van der Waals surface area contributed by atoms with Gasteiger partial charge in [-0.05, 0) is 293 Å². The fraction of sp³-hybridized carbons (Fsp3) is 0. The Morgan fingerprint density at radius 1 is 0.107 bits per heavy atom. The van der Waals surface area contributed by atoms with Gasteiger partial charge in [0, 0.05) is 134 Å². The van der Waals surface area contributed by atoms with Crippen molar-refractivity contribution in [1.82, 2.24) is 18.3 Å². The summed E-state index contributed by atoms with van der Waals surface area (Å²) in [5, 5.41) is 12.5. The summed E-state index contributed by atoms with van der Waals surface area (Å²) < 4.78 is 9.49. The molecule has 150 heavy (non-hydrogen) atoms. The zero-order valence-electron chi connectivity index (χ0n) is 82.3. The molecule has 0 unspecified atom stereocenters. The highest BCUT2D eigenvalue weighted by Crippen LogP contribution is 2.47. The highest BCUT2D eigenvalue weighted by molar-refractivity contribution is 6.14. The Kier molecular flexibility index (Phi) is 23.9. The number of aromatic nitrogens is 4. The molecular formula is C142H100N8. The number of para-hydroxylation sites is 11. The van der Waals surface area contributed by atoms with Crippen molar-refractivity contribution in [3.63, 3.8) is 0 Å². The van der Waals surface area contributed by atoms with Crippen LogP contribution in [0, 0.1) is 0 Å². The zero-order chi connectivity index (χ0) is 99.6. The third-order valence-electron chi connectivity index (χ3n) is 29.1. The van der Waals surface area contributed by atoms with E-state index in [0.717, 1.165) is 79.6 Å². The standard InChI is InChI=1S/C54H36N4.C48H34N2.C40H30N2/c1-7-19-49-43(13-1)44-14-2-8-20-50(44)56(49)40-31-25-37(26-32-40)55(38-27-33-41(34-28-38)57-51-21-9-3-15-45(51)46-16-4-10-22-52(46)57)39-29-35-42(36-30-39)58-53-23-11-5-17-47(53)48-18-6-12-24-54(48)58;1-4-12-35(13-5-1)37-20-27-42(28-21-37)49(43-29-22-38(23-30-43)36-14-6-2-7-15-36)44-31-24-39(25-32-44)40-26-33-48-46(34-40)45-18-10-11-19-47(45)50(48)41-16-8-3-9-17-41;1-4-15-34(16-5-1)41(35-17-6-2-7-18-35)37-27-23-31(24-28-37)32-25-29-38(30-26-32)42(36-19-8-3-9-20-36)40-22-12-14-33-13-10-11-21-39(33)40/h1-36H;1-34H;1-30H. The molecule has 28 rings (SSSR count). The lowest BCUT2D eigenvalue weighted by Gasteiger charge is -2.27. The van der Waals surface area contributed by atoms with E-state index in [1.165, 1.54) is 154 Å². The topological polar surface area (TPSA) is 32.7 Å². The van der Waals surface area contributed by atoms with Crippen LogP contribution in [0.5, 0.6) is 0 Å². The Labute approximate surface area is 871 Å². The first-order valence-corrected chi connectivity index (χ1v) is 51.3. The summed E-state index contributed by atoms with van der Waals surface area (Å²) in [6.45, 7) is 0. The second kappa shape index (κ2) is 39.9. The van der Waals surface area contributed by atoms with Crippen LogP contribution in [0.15, 0.2) is 607 Å².